The molecule has 0 radical (unpaired) electrons. The first kappa shape index (κ1) is 25.5. The van der Waals surface area contributed by atoms with E-state index in [1.165, 1.54) is 36.4 Å². The van der Waals surface area contributed by atoms with E-state index in [9.17, 15) is 23.2 Å². The minimum Gasteiger partial charge on any atom is -0.487 e. The van der Waals surface area contributed by atoms with Gasteiger partial charge in [0.2, 0.25) is 5.91 Å². The molecule has 3 aromatic rings. The Kier molecular flexibility index (Phi) is 7.80. The highest BCUT2D eigenvalue weighted by atomic mass is 79.9. The number of hydrogen-bond acceptors (Lipinski definition) is 4. The summed E-state index contributed by atoms with van der Waals surface area (Å²) in [7, 11) is 0. The first-order valence-corrected chi connectivity index (χ1v) is 12.0. The highest BCUT2D eigenvalue weighted by Crippen LogP contribution is 2.36. The molecule has 7 nitrogen and oxygen atoms in total. The molecule has 0 aliphatic carbocycles. The van der Waals surface area contributed by atoms with Crippen LogP contribution in [0.3, 0.4) is 0 Å². The van der Waals surface area contributed by atoms with Crippen LogP contribution in [0.25, 0.3) is 6.08 Å². The van der Waals surface area contributed by atoms with Crippen molar-refractivity contribution in [1.29, 1.82) is 0 Å². The summed E-state index contributed by atoms with van der Waals surface area (Å²) in [5.74, 6) is -1.96. The van der Waals surface area contributed by atoms with E-state index in [2.05, 4.69) is 42.5 Å². The van der Waals surface area contributed by atoms with E-state index in [1.54, 1.807) is 30.3 Å². The van der Waals surface area contributed by atoms with Gasteiger partial charge in [0, 0.05) is 0 Å². The molecule has 0 aromatic heterocycles. The number of para-hydroxylation sites is 1. The number of imide groups is 1. The van der Waals surface area contributed by atoms with E-state index < -0.39 is 30.2 Å². The van der Waals surface area contributed by atoms with Crippen LogP contribution >= 0.6 is 31.9 Å². The van der Waals surface area contributed by atoms with Gasteiger partial charge in [-0.05, 0) is 85.5 Å². The molecule has 1 aliphatic rings. The van der Waals surface area contributed by atoms with Crippen LogP contribution in [-0.4, -0.2) is 29.3 Å². The second kappa shape index (κ2) is 11.0. The van der Waals surface area contributed by atoms with Crippen molar-refractivity contribution < 1.29 is 27.9 Å². The Morgan fingerprint density at radius 1 is 1.03 bits per heavy atom. The number of anilines is 1. The lowest BCUT2D eigenvalue weighted by atomic mass is 10.2. The van der Waals surface area contributed by atoms with Crippen LogP contribution in [0.15, 0.2) is 75.3 Å². The summed E-state index contributed by atoms with van der Waals surface area (Å²) >= 11 is 6.84. The maximum Gasteiger partial charge on any atom is 0.329 e. The van der Waals surface area contributed by atoms with Crippen molar-refractivity contribution in [3.8, 4) is 5.75 Å². The van der Waals surface area contributed by atoms with Gasteiger partial charge in [-0.25, -0.2) is 18.5 Å². The van der Waals surface area contributed by atoms with Gasteiger partial charge in [-0.2, -0.15) is 0 Å². The lowest BCUT2D eigenvalue weighted by Crippen LogP contribution is -2.38. The summed E-state index contributed by atoms with van der Waals surface area (Å²) in [5, 5.41) is 4.77. The average Bonchev–Trinajstić information content (AvgIpc) is 3.07. The van der Waals surface area contributed by atoms with Crippen molar-refractivity contribution in [2.75, 3.05) is 11.9 Å². The Morgan fingerprint density at radius 2 is 1.75 bits per heavy atom. The summed E-state index contributed by atoms with van der Waals surface area (Å²) in [5.41, 5.74) is 1.11. The second-order valence-corrected chi connectivity index (χ2v) is 9.35. The van der Waals surface area contributed by atoms with Gasteiger partial charge in [0.05, 0.1) is 14.6 Å². The van der Waals surface area contributed by atoms with Gasteiger partial charge >= 0.3 is 6.03 Å². The molecule has 0 bridgehead atoms. The number of ether oxygens (including phenoxy) is 1. The molecule has 3 aromatic carbocycles. The average molecular weight is 621 g/mol. The monoisotopic (exact) mass is 619 g/mol. The van der Waals surface area contributed by atoms with E-state index in [4.69, 9.17) is 4.74 Å². The molecule has 1 aliphatic heterocycles. The zero-order chi connectivity index (χ0) is 25.8. The Balaban J connectivity index is 1.44. The van der Waals surface area contributed by atoms with E-state index in [0.29, 0.717) is 25.8 Å². The zero-order valence-electron chi connectivity index (χ0n) is 18.4. The molecule has 0 spiro atoms. The smallest absolute Gasteiger partial charge is 0.329 e. The number of benzene rings is 3. The first-order valence-electron chi connectivity index (χ1n) is 10.5. The molecule has 11 heteroatoms. The van der Waals surface area contributed by atoms with Gasteiger partial charge in [-0.15, -0.1) is 0 Å². The number of hydrogen-bond donors (Lipinski definition) is 2. The summed E-state index contributed by atoms with van der Waals surface area (Å²) in [6.45, 7) is -0.454. The highest BCUT2D eigenvalue weighted by molar-refractivity contribution is 9.11. The van der Waals surface area contributed by atoms with E-state index in [0.717, 1.165) is 4.90 Å². The number of amides is 4. The van der Waals surface area contributed by atoms with E-state index in [1.807, 2.05) is 0 Å². The number of nitrogens with zero attached hydrogens (tertiary/aromatic N) is 1. The summed E-state index contributed by atoms with van der Waals surface area (Å²) in [6.07, 6.45) is 1.45. The van der Waals surface area contributed by atoms with Crippen LogP contribution < -0.4 is 15.4 Å². The molecule has 0 unspecified atom stereocenters. The molecule has 36 heavy (non-hydrogen) atoms. The molecule has 2 N–H and O–H groups in total. The lowest BCUT2D eigenvalue weighted by molar-refractivity contribution is -0.127. The summed E-state index contributed by atoms with van der Waals surface area (Å²) < 4.78 is 34.0. The normalized spacial score (nSPS) is 14.2. The van der Waals surface area contributed by atoms with E-state index in [-0.39, 0.29) is 23.8 Å². The maximum absolute atomic E-state index is 13.8. The van der Waals surface area contributed by atoms with Crippen LogP contribution in [-0.2, 0) is 16.2 Å². The van der Waals surface area contributed by atoms with Gasteiger partial charge in [0.25, 0.3) is 5.91 Å². The molecule has 1 heterocycles. The fourth-order valence-corrected chi connectivity index (χ4v) is 4.81. The van der Waals surface area contributed by atoms with E-state index >= 15 is 0 Å². The molecular formula is C25H17Br2F2N3O4. The quantitative estimate of drug-likeness (QED) is 0.266. The third kappa shape index (κ3) is 5.97. The van der Waals surface area contributed by atoms with Crippen LogP contribution in [0.1, 0.15) is 11.1 Å². The van der Waals surface area contributed by atoms with Crippen LogP contribution in [0.5, 0.6) is 5.75 Å². The minimum absolute atomic E-state index is 0.0362. The second-order valence-electron chi connectivity index (χ2n) is 7.64. The van der Waals surface area contributed by atoms with Gasteiger partial charge in [-0.3, -0.25) is 9.59 Å². The topological polar surface area (TPSA) is 87.7 Å². The first-order chi connectivity index (χ1) is 17.2. The van der Waals surface area contributed by atoms with Crippen molar-refractivity contribution in [2.24, 2.45) is 0 Å². The largest absolute Gasteiger partial charge is 0.487 e. The summed E-state index contributed by atoms with van der Waals surface area (Å²) in [6, 6.07) is 14.2. The van der Waals surface area contributed by atoms with Crippen molar-refractivity contribution >= 4 is 61.5 Å². The third-order valence-corrected chi connectivity index (χ3v) is 6.19. The van der Waals surface area contributed by atoms with Gasteiger partial charge < -0.3 is 15.4 Å². The molecule has 184 valence electrons. The van der Waals surface area contributed by atoms with Crippen LogP contribution in [0.2, 0.25) is 0 Å². The number of nitrogens with one attached hydrogen (secondary N) is 2. The molecule has 1 fully saturated rings. The Bertz CT molecular complexity index is 1370. The minimum atomic E-state index is -0.775. The highest BCUT2D eigenvalue weighted by Gasteiger charge is 2.35. The molecule has 0 saturated carbocycles. The number of carbonyl (C=O) groups is 3. The van der Waals surface area contributed by atoms with Gasteiger partial charge in [-0.1, -0.05) is 24.3 Å². The third-order valence-electron chi connectivity index (χ3n) is 5.02. The molecule has 4 amide bonds. The van der Waals surface area contributed by atoms with Gasteiger partial charge in [0.1, 0.15) is 36.2 Å². The standard InChI is InChI=1S/C25H17Br2F2N3O4/c26-17-9-15(10-18(27)23(17)36-13-14-4-3-5-16(28)8-14)11-21-24(34)32(25(35)31-21)12-22(33)30-20-7-2-1-6-19(20)29/h1-11H,12-13H2,(H,30,33)(H,31,35)/b21-11+. The predicted molar refractivity (Wildman–Crippen MR) is 136 cm³/mol. The number of urea groups is 1. The molecule has 4 rings (SSSR count). The number of carbonyl (C=O) groups excluding carboxylic acids is 3. The molecular weight excluding hydrogens is 604 g/mol. The lowest BCUT2D eigenvalue weighted by Gasteiger charge is -2.12. The van der Waals surface area contributed by atoms with Crippen LogP contribution in [0, 0.1) is 11.6 Å². The van der Waals surface area contributed by atoms with Gasteiger partial charge in [0.15, 0.2) is 0 Å². The number of halogens is 4. The fraction of sp³-hybridized carbons (Fsp3) is 0.0800. The van der Waals surface area contributed by atoms with Crippen molar-refractivity contribution in [3.63, 3.8) is 0 Å². The Hall–Kier alpha value is -3.57. The zero-order valence-corrected chi connectivity index (χ0v) is 21.5. The Labute approximate surface area is 221 Å². The van der Waals surface area contributed by atoms with Crippen molar-refractivity contribution in [1.82, 2.24) is 10.2 Å². The SMILES string of the molecule is O=C(CN1C(=O)N/C(=C/c2cc(Br)c(OCc3cccc(F)c3)c(Br)c2)C1=O)Nc1ccccc1F. The van der Waals surface area contributed by atoms with Crippen LogP contribution in [0.4, 0.5) is 19.3 Å². The molecule has 1 saturated heterocycles. The number of rotatable bonds is 7. The predicted octanol–water partition coefficient (Wildman–Crippen LogP) is 5.60. The fourth-order valence-electron chi connectivity index (χ4n) is 3.36. The van der Waals surface area contributed by atoms with Crippen molar-refractivity contribution in [2.45, 2.75) is 6.61 Å². The molecule has 0 atom stereocenters. The summed E-state index contributed by atoms with van der Waals surface area (Å²) in [4.78, 5) is 38.0. The van der Waals surface area contributed by atoms with Crippen molar-refractivity contribution in [3.05, 3.63) is 98.1 Å². The Morgan fingerprint density at radius 3 is 2.44 bits per heavy atom. The maximum atomic E-state index is 13.8.